The van der Waals surface area contributed by atoms with Crippen molar-refractivity contribution in [3.8, 4) is 34.8 Å². The summed E-state index contributed by atoms with van der Waals surface area (Å²) in [7, 11) is -7.42. The Morgan fingerprint density at radius 2 is 0.737 bits per heavy atom. The van der Waals surface area contributed by atoms with Crippen molar-refractivity contribution in [1.82, 2.24) is 0 Å². The third-order valence-electron chi connectivity index (χ3n) is 5.31. The van der Waals surface area contributed by atoms with Crippen LogP contribution in [0.4, 0.5) is 0 Å². The number of aromatic hydroxyl groups is 2. The first kappa shape index (κ1) is 26.6. The smallest absolute Gasteiger partial charge is 0.206 e. The van der Waals surface area contributed by atoms with E-state index in [9.17, 15) is 27.0 Å². The first-order chi connectivity index (χ1) is 18.2. The van der Waals surface area contributed by atoms with Crippen LogP contribution in [0.5, 0.6) is 23.0 Å². The molecule has 0 aliphatic heterocycles. The highest BCUT2D eigenvalue weighted by Crippen LogP contribution is 2.26. The number of rotatable bonds is 8. The number of phenols is 2. The molecule has 0 saturated heterocycles. The second-order valence-electron chi connectivity index (χ2n) is 7.87. The van der Waals surface area contributed by atoms with Crippen molar-refractivity contribution in [2.24, 2.45) is 0 Å². The van der Waals surface area contributed by atoms with Crippen molar-refractivity contribution in [1.29, 1.82) is 0 Å². The molecular weight excluding hydrogens is 528 g/mol. The fourth-order valence-electron chi connectivity index (χ4n) is 3.29. The zero-order valence-electron chi connectivity index (χ0n) is 19.8. The largest absolute Gasteiger partial charge is 0.508 e. The Morgan fingerprint density at radius 3 is 1.03 bits per heavy atom. The summed E-state index contributed by atoms with van der Waals surface area (Å²) in [6, 6.07) is 22.4. The van der Waals surface area contributed by atoms with Gasteiger partial charge in [-0.25, -0.2) is 16.8 Å². The maximum absolute atomic E-state index is 12.7. The van der Waals surface area contributed by atoms with Crippen LogP contribution in [-0.2, 0) is 19.7 Å². The lowest BCUT2D eigenvalue weighted by Crippen LogP contribution is -2.02. The van der Waals surface area contributed by atoms with Gasteiger partial charge < -0.3 is 19.7 Å². The topological polar surface area (TPSA) is 127 Å². The van der Waals surface area contributed by atoms with Crippen molar-refractivity contribution in [3.63, 3.8) is 0 Å². The predicted octanol–water partition coefficient (Wildman–Crippen LogP) is 4.22. The van der Waals surface area contributed by atoms with E-state index in [0.29, 0.717) is 11.5 Å². The van der Waals surface area contributed by atoms with Gasteiger partial charge in [0, 0.05) is 0 Å². The summed E-state index contributed by atoms with van der Waals surface area (Å²) in [5.74, 6) is 6.41. The summed E-state index contributed by atoms with van der Waals surface area (Å²) in [5.41, 5.74) is 0. The van der Waals surface area contributed by atoms with Crippen LogP contribution in [0.3, 0.4) is 0 Å². The first-order valence-corrected chi connectivity index (χ1v) is 14.1. The molecule has 0 bridgehead atoms. The number of hydrogen-bond donors (Lipinski definition) is 2. The van der Waals surface area contributed by atoms with E-state index in [1.54, 1.807) is 0 Å². The molecule has 0 fully saturated rings. The van der Waals surface area contributed by atoms with E-state index >= 15 is 0 Å². The summed E-state index contributed by atoms with van der Waals surface area (Å²) in [5, 5.41) is 18.7. The van der Waals surface area contributed by atoms with Crippen molar-refractivity contribution >= 4 is 19.7 Å². The van der Waals surface area contributed by atoms with Gasteiger partial charge in [-0.3, -0.25) is 0 Å². The minimum Gasteiger partial charge on any atom is -0.508 e. The van der Waals surface area contributed by atoms with Gasteiger partial charge in [-0.1, -0.05) is 11.8 Å². The van der Waals surface area contributed by atoms with Crippen LogP contribution in [0.2, 0.25) is 0 Å². The molecular formula is C28H22O8S2. The molecule has 0 radical (unpaired) electrons. The molecule has 0 spiro atoms. The molecule has 0 aliphatic carbocycles. The summed E-state index contributed by atoms with van der Waals surface area (Å²) >= 11 is 0. The molecule has 4 aromatic carbocycles. The fourth-order valence-corrected chi connectivity index (χ4v) is 5.82. The predicted molar refractivity (Wildman–Crippen MR) is 139 cm³/mol. The molecule has 0 saturated carbocycles. The van der Waals surface area contributed by atoms with Gasteiger partial charge in [0.25, 0.3) is 0 Å². The second-order valence-corrected chi connectivity index (χ2v) is 11.8. The molecule has 2 N–H and O–H groups in total. The van der Waals surface area contributed by atoms with Crippen molar-refractivity contribution < 1.29 is 36.5 Å². The van der Waals surface area contributed by atoms with Crippen LogP contribution in [-0.4, -0.2) is 40.3 Å². The maximum atomic E-state index is 12.7. The molecule has 10 heteroatoms. The van der Waals surface area contributed by atoms with E-state index in [1.165, 1.54) is 97.1 Å². The number of hydrogen-bond acceptors (Lipinski definition) is 8. The summed E-state index contributed by atoms with van der Waals surface area (Å²) in [6.07, 6.45) is 0. The molecule has 8 nitrogen and oxygen atoms in total. The highest BCUT2D eigenvalue weighted by Gasteiger charge is 2.18. The SMILES string of the molecule is O=S(=O)(c1ccc(O)cc1)c1ccc(OCC#CCOc2ccc(S(=O)(=O)c3ccc(O)cc3)cc2)cc1. The van der Waals surface area contributed by atoms with E-state index in [1.807, 2.05) is 0 Å². The minimum absolute atomic E-state index is 0.0189. The van der Waals surface area contributed by atoms with Crippen molar-refractivity contribution in [3.05, 3.63) is 97.1 Å². The third-order valence-corrected chi connectivity index (χ3v) is 8.88. The van der Waals surface area contributed by atoms with Gasteiger partial charge in [0.2, 0.25) is 19.7 Å². The highest BCUT2D eigenvalue weighted by atomic mass is 32.2. The molecule has 38 heavy (non-hydrogen) atoms. The summed E-state index contributed by atoms with van der Waals surface area (Å²) in [6.45, 7) is 0.106. The average Bonchev–Trinajstić information content (AvgIpc) is 2.92. The molecule has 0 atom stereocenters. The summed E-state index contributed by atoms with van der Waals surface area (Å²) < 4.78 is 61.6. The molecule has 0 unspecified atom stereocenters. The van der Waals surface area contributed by atoms with Crippen LogP contribution in [0, 0.1) is 11.8 Å². The molecule has 0 aromatic heterocycles. The summed E-state index contributed by atoms with van der Waals surface area (Å²) in [4.78, 5) is 0.334. The number of ether oxygens (including phenoxy) is 2. The van der Waals surface area contributed by atoms with Crippen LogP contribution in [0.1, 0.15) is 0 Å². The van der Waals surface area contributed by atoms with Crippen LogP contribution in [0.25, 0.3) is 0 Å². The van der Waals surface area contributed by atoms with Gasteiger partial charge in [0.15, 0.2) is 0 Å². The van der Waals surface area contributed by atoms with E-state index in [-0.39, 0.29) is 44.3 Å². The van der Waals surface area contributed by atoms with Gasteiger partial charge in [0.05, 0.1) is 19.6 Å². The quantitative estimate of drug-likeness (QED) is 0.312. The lowest BCUT2D eigenvalue weighted by Gasteiger charge is -2.07. The number of sulfone groups is 2. The third kappa shape index (κ3) is 6.26. The molecule has 4 rings (SSSR count). The standard InChI is InChI=1S/C28H22O8S2/c29-21-3-11-25(12-4-21)37(31,32)27-15-7-23(8-16-27)35-19-1-2-20-36-24-9-17-28(18-10-24)38(33,34)26-13-5-22(30)6-14-26/h3-18,29-30H,19-20H2. The molecule has 194 valence electrons. The number of phenolic OH excluding ortho intramolecular Hbond substituents is 2. The van der Waals surface area contributed by atoms with Gasteiger partial charge >= 0.3 is 0 Å². The van der Waals surface area contributed by atoms with Crippen molar-refractivity contribution in [2.75, 3.05) is 13.2 Å². The lowest BCUT2D eigenvalue weighted by molar-refractivity contribution is 0.362. The highest BCUT2D eigenvalue weighted by molar-refractivity contribution is 7.91. The molecule has 0 heterocycles. The fraction of sp³-hybridized carbons (Fsp3) is 0.0714. The van der Waals surface area contributed by atoms with E-state index in [4.69, 9.17) is 9.47 Å². The van der Waals surface area contributed by atoms with Gasteiger partial charge in [-0.05, 0) is 97.1 Å². The van der Waals surface area contributed by atoms with Crippen LogP contribution < -0.4 is 9.47 Å². The normalized spacial score (nSPS) is 11.3. The first-order valence-electron chi connectivity index (χ1n) is 11.2. The molecule has 0 amide bonds. The Hall–Kier alpha value is -4.46. The second kappa shape index (κ2) is 11.3. The van der Waals surface area contributed by atoms with Crippen molar-refractivity contribution in [2.45, 2.75) is 19.6 Å². The zero-order chi connectivity index (χ0) is 27.2. The maximum Gasteiger partial charge on any atom is 0.206 e. The van der Waals surface area contributed by atoms with E-state index < -0.39 is 19.7 Å². The Balaban J connectivity index is 1.27. The van der Waals surface area contributed by atoms with E-state index in [2.05, 4.69) is 11.8 Å². The average molecular weight is 551 g/mol. The zero-order valence-corrected chi connectivity index (χ0v) is 21.4. The molecule has 0 aliphatic rings. The van der Waals surface area contributed by atoms with Crippen LogP contribution >= 0.6 is 0 Å². The lowest BCUT2D eigenvalue weighted by atomic mass is 10.3. The van der Waals surface area contributed by atoms with Crippen LogP contribution in [0.15, 0.2) is 117 Å². The number of benzene rings is 4. The molecule has 4 aromatic rings. The van der Waals surface area contributed by atoms with E-state index in [0.717, 1.165) is 0 Å². The Bertz CT molecular complexity index is 1540. The van der Waals surface area contributed by atoms with Gasteiger partial charge in [0.1, 0.15) is 36.2 Å². The monoisotopic (exact) mass is 550 g/mol. The minimum atomic E-state index is -3.71. The van der Waals surface area contributed by atoms with Gasteiger partial charge in [-0.2, -0.15) is 0 Å². The Labute approximate surface area is 220 Å². The Kier molecular flexibility index (Phi) is 7.90. The van der Waals surface area contributed by atoms with Gasteiger partial charge in [-0.15, -0.1) is 0 Å². The Morgan fingerprint density at radius 1 is 0.474 bits per heavy atom.